The molecule has 2 aliphatic heterocycles. The van der Waals surface area contributed by atoms with Crippen molar-refractivity contribution in [1.82, 2.24) is 0 Å². The molecule has 0 aliphatic carbocycles. The molecule has 2 aliphatic rings. The zero-order valence-corrected chi connectivity index (χ0v) is 27.0. The Hall–Kier alpha value is -4.96. The van der Waals surface area contributed by atoms with Crippen molar-refractivity contribution in [3.05, 3.63) is 36.4 Å². The molecule has 2 fully saturated rings. The Balaban J connectivity index is 1.58. The molecule has 0 bridgehead atoms. The zero-order valence-electron chi connectivity index (χ0n) is 27.0. The highest BCUT2D eigenvalue weighted by atomic mass is 16.7. The smallest absolute Gasteiger partial charge is 0.303 e. The highest BCUT2D eigenvalue weighted by Gasteiger charge is 2.49. The van der Waals surface area contributed by atoms with Gasteiger partial charge in [0.05, 0.1) is 13.2 Å². The van der Waals surface area contributed by atoms with Crippen molar-refractivity contribution in [3.63, 3.8) is 0 Å². The maximum absolute atomic E-state index is 12.0. The van der Waals surface area contributed by atoms with Crippen molar-refractivity contribution < 1.29 is 76.1 Å². The summed E-state index contributed by atoms with van der Waals surface area (Å²) in [5.41, 5.74) is 0. The number of esters is 6. The van der Waals surface area contributed by atoms with Crippen LogP contribution in [0.5, 0.6) is 11.5 Å². The first-order chi connectivity index (χ1) is 22.7. The summed E-state index contributed by atoms with van der Waals surface area (Å²) in [5, 5.41) is 1.37. The minimum absolute atomic E-state index is 0.219. The number of rotatable bonds is 10. The van der Waals surface area contributed by atoms with E-state index in [4.69, 9.17) is 47.4 Å². The van der Waals surface area contributed by atoms with E-state index in [0.717, 1.165) is 33.1 Å². The zero-order chi connectivity index (χ0) is 35.1. The summed E-state index contributed by atoms with van der Waals surface area (Å²) in [6, 6.07) is 10.0. The molecule has 260 valence electrons. The van der Waals surface area contributed by atoms with Crippen LogP contribution in [0.4, 0.5) is 0 Å². The fourth-order valence-electron chi connectivity index (χ4n) is 5.24. The summed E-state index contributed by atoms with van der Waals surface area (Å²) < 4.78 is 55.6. The summed E-state index contributed by atoms with van der Waals surface area (Å²) in [7, 11) is 0. The van der Waals surface area contributed by atoms with Crippen LogP contribution in [0, 0.1) is 0 Å². The lowest BCUT2D eigenvalue weighted by molar-refractivity contribution is -0.259. The summed E-state index contributed by atoms with van der Waals surface area (Å²) >= 11 is 0. The Morgan fingerprint density at radius 1 is 0.479 bits per heavy atom. The van der Waals surface area contributed by atoms with Crippen LogP contribution >= 0.6 is 0 Å². The molecular formula is C32H36O16. The van der Waals surface area contributed by atoms with Gasteiger partial charge in [-0.3, -0.25) is 28.8 Å². The highest BCUT2D eigenvalue weighted by Crippen LogP contribution is 2.32. The predicted molar refractivity (Wildman–Crippen MR) is 158 cm³/mol. The number of fused-ring (bicyclic) bond motifs is 1. The van der Waals surface area contributed by atoms with E-state index >= 15 is 0 Å². The van der Waals surface area contributed by atoms with Crippen LogP contribution in [0.15, 0.2) is 36.4 Å². The maximum Gasteiger partial charge on any atom is 0.303 e. The molecule has 16 heteroatoms. The van der Waals surface area contributed by atoms with E-state index in [2.05, 4.69) is 0 Å². The third-order valence-electron chi connectivity index (χ3n) is 6.90. The Morgan fingerprint density at radius 2 is 0.812 bits per heavy atom. The van der Waals surface area contributed by atoms with E-state index in [1.165, 1.54) is 13.8 Å². The van der Waals surface area contributed by atoms with Crippen LogP contribution in [0.2, 0.25) is 0 Å². The van der Waals surface area contributed by atoms with Gasteiger partial charge in [0.25, 0.3) is 0 Å². The second kappa shape index (κ2) is 15.8. The quantitative estimate of drug-likeness (QED) is 0.261. The number of carbonyl (C=O) groups excluding carboxylic acids is 6. The third-order valence-corrected chi connectivity index (χ3v) is 6.90. The van der Waals surface area contributed by atoms with Gasteiger partial charge in [0.2, 0.25) is 24.8 Å². The van der Waals surface area contributed by atoms with E-state index in [1.54, 1.807) is 36.4 Å². The van der Waals surface area contributed by atoms with Gasteiger partial charge >= 0.3 is 35.8 Å². The number of benzene rings is 2. The Kier molecular flexibility index (Phi) is 11.8. The van der Waals surface area contributed by atoms with E-state index < -0.39 is 85.0 Å². The van der Waals surface area contributed by atoms with E-state index in [0.29, 0.717) is 5.39 Å². The minimum atomic E-state index is -1.29. The van der Waals surface area contributed by atoms with Gasteiger partial charge in [-0.1, -0.05) is 12.1 Å². The Morgan fingerprint density at radius 3 is 1.15 bits per heavy atom. The molecule has 2 saturated heterocycles. The van der Waals surface area contributed by atoms with Crippen LogP contribution in [-0.2, 0) is 66.7 Å². The highest BCUT2D eigenvalue weighted by molar-refractivity contribution is 5.85. The second-order valence-electron chi connectivity index (χ2n) is 10.9. The molecule has 0 saturated carbocycles. The molecule has 16 nitrogen and oxygen atoms in total. The second-order valence-corrected chi connectivity index (χ2v) is 10.9. The number of hydrogen-bond donors (Lipinski definition) is 0. The molecule has 0 amide bonds. The number of carbonyl (C=O) groups is 6. The molecule has 2 aromatic rings. The predicted octanol–water partition coefficient (Wildman–Crippen LogP) is 1.90. The van der Waals surface area contributed by atoms with Gasteiger partial charge in [0, 0.05) is 41.5 Å². The monoisotopic (exact) mass is 676 g/mol. The van der Waals surface area contributed by atoms with Crippen molar-refractivity contribution in [3.8, 4) is 11.5 Å². The van der Waals surface area contributed by atoms with E-state index in [1.807, 2.05) is 0 Å². The minimum Gasteiger partial charge on any atom is -0.461 e. The Labute approximate surface area is 274 Å². The molecule has 4 rings (SSSR count). The first kappa shape index (κ1) is 35.9. The van der Waals surface area contributed by atoms with Gasteiger partial charge in [0.15, 0.2) is 24.4 Å². The lowest BCUT2D eigenvalue weighted by Crippen LogP contribution is -2.59. The van der Waals surface area contributed by atoms with Gasteiger partial charge in [-0.15, -0.1) is 0 Å². The fraction of sp³-hybridized carbons (Fsp3) is 0.500. The lowest BCUT2D eigenvalue weighted by Gasteiger charge is -2.40. The topological polar surface area (TPSA) is 195 Å². The van der Waals surface area contributed by atoms with Crippen molar-refractivity contribution in [1.29, 1.82) is 0 Å². The van der Waals surface area contributed by atoms with Crippen molar-refractivity contribution in [2.75, 3.05) is 13.2 Å². The molecule has 0 spiro atoms. The number of ether oxygens (including phenoxy) is 10. The third kappa shape index (κ3) is 9.54. The van der Waals surface area contributed by atoms with Crippen LogP contribution in [-0.4, -0.2) is 98.2 Å². The standard InChI is InChI=1S/C32H36O16/c1-15(33)41-25-13-39-31(29(45-19(5)37)27(25)43-17(3)35)47-23-9-7-21-8-10-24(12-22(21)11-23)48-32-30(46-20(6)38)28(44-18(4)36)26(14-40-32)42-16(2)34/h7-12,25-32H,13-14H2,1-6H3/t25-,26-,27+,28+,29-,30-,31+,32+/m1/s1. The van der Waals surface area contributed by atoms with Crippen LogP contribution in [0.25, 0.3) is 10.8 Å². The van der Waals surface area contributed by atoms with E-state index in [-0.39, 0.29) is 24.7 Å². The summed E-state index contributed by atoms with van der Waals surface area (Å²) in [4.78, 5) is 71.1. The van der Waals surface area contributed by atoms with Gasteiger partial charge in [-0.05, 0) is 35.0 Å². The first-order valence-corrected chi connectivity index (χ1v) is 14.8. The molecule has 0 aromatic heterocycles. The molecule has 2 heterocycles. The van der Waals surface area contributed by atoms with Crippen molar-refractivity contribution in [2.24, 2.45) is 0 Å². The van der Waals surface area contributed by atoms with Crippen LogP contribution in [0.3, 0.4) is 0 Å². The molecule has 0 N–H and O–H groups in total. The largest absolute Gasteiger partial charge is 0.461 e. The molecular weight excluding hydrogens is 640 g/mol. The normalized spacial score (nSPS) is 26.7. The summed E-state index contributed by atoms with van der Waals surface area (Å²) in [5.74, 6) is -3.62. The van der Waals surface area contributed by atoms with Crippen molar-refractivity contribution in [2.45, 2.75) is 90.7 Å². The van der Waals surface area contributed by atoms with Crippen LogP contribution in [0.1, 0.15) is 41.5 Å². The van der Waals surface area contributed by atoms with Crippen LogP contribution < -0.4 is 9.47 Å². The molecule has 0 unspecified atom stereocenters. The molecule has 0 radical (unpaired) electrons. The SMILES string of the molecule is CC(=O)O[C@@H]1[C@@H](OC(C)=O)[C@H](Oc2ccc3ccc(O[C@@H]4OC[C@@H](OC(C)=O)[C@H](OC(C)=O)[C@H]4OC(C)=O)cc3c2)OC[C@H]1OC(C)=O. The summed E-state index contributed by atoms with van der Waals surface area (Å²) in [6.45, 7) is 6.54. The van der Waals surface area contributed by atoms with E-state index in [9.17, 15) is 28.8 Å². The lowest BCUT2D eigenvalue weighted by atomic mass is 10.0. The van der Waals surface area contributed by atoms with Gasteiger partial charge in [-0.2, -0.15) is 0 Å². The molecule has 48 heavy (non-hydrogen) atoms. The molecule has 2 aromatic carbocycles. The Bertz CT molecular complexity index is 1430. The fourth-order valence-corrected chi connectivity index (χ4v) is 5.24. The average Bonchev–Trinajstić information content (AvgIpc) is 2.97. The average molecular weight is 677 g/mol. The van der Waals surface area contributed by atoms with Gasteiger partial charge in [0.1, 0.15) is 11.5 Å². The van der Waals surface area contributed by atoms with Crippen molar-refractivity contribution >= 4 is 46.6 Å². The van der Waals surface area contributed by atoms with Gasteiger partial charge < -0.3 is 47.4 Å². The molecule has 8 atom stereocenters. The first-order valence-electron chi connectivity index (χ1n) is 14.8. The number of hydrogen-bond acceptors (Lipinski definition) is 16. The maximum atomic E-state index is 12.0. The van der Waals surface area contributed by atoms with Gasteiger partial charge in [-0.25, -0.2) is 0 Å². The summed E-state index contributed by atoms with van der Waals surface area (Å²) in [6.07, 6.45) is -9.66.